The Hall–Kier alpha value is -0.120. The van der Waals surface area contributed by atoms with Crippen LogP contribution < -0.4 is 0 Å². The molecule has 0 aromatic rings. The molecule has 2 rings (SSSR count). The number of hydrogen-bond donors (Lipinski definition) is 3. The second kappa shape index (κ2) is 7.25. The lowest BCUT2D eigenvalue weighted by Gasteiger charge is -2.21. The second-order valence-corrected chi connectivity index (χ2v) is 5.40. The van der Waals surface area contributed by atoms with E-state index in [1.807, 2.05) is 0 Å². The van der Waals surface area contributed by atoms with Crippen molar-refractivity contribution in [3.05, 3.63) is 0 Å². The SMILES string of the molecule is CC1CCCC(O)C1.OC1CCCC(O)C1. The average molecular weight is 230 g/mol. The van der Waals surface area contributed by atoms with Crippen molar-refractivity contribution >= 4 is 0 Å². The number of aliphatic hydroxyl groups is 3. The van der Waals surface area contributed by atoms with Gasteiger partial charge < -0.3 is 15.3 Å². The highest BCUT2D eigenvalue weighted by molar-refractivity contribution is 4.70. The summed E-state index contributed by atoms with van der Waals surface area (Å²) < 4.78 is 0. The molecule has 3 N–H and O–H groups in total. The van der Waals surface area contributed by atoms with Gasteiger partial charge in [-0.1, -0.05) is 19.8 Å². The molecule has 3 heteroatoms. The lowest BCUT2D eigenvalue weighted by molar-refractivity contribution is 0.0406. The first kappa shape index (κ1) is 13.9. The monoisotopic (exact) mass is 230 g/mol. The van der Waals surface area contributed by atoms with Gasteiger partial charge in [0.2, 0.25) is 0 Å². The van der Waals surface area contributed by atoms with Gasteiger partial charge in [0.15, 0.2) is 0 Å². The fourth-order valence-electron chi connectivity index (χ4n) is 2.54. The van der Waals surface area contributed by atoms with Gasteiger partial charge in [-0.3, -0.25) is 0 Å². The van der Waals surface area contributed by atoms with E-state index in [9.17, 15) is 0 Å². The van der Waals surface area contributed by atoms with Crippen molar-refractivity contribution in [3.63, 3.8) is 0 Å². The minimum absolute atomic E-state index is 0.0127. The summed E-state index contributed by atoms with van der Waals surface area (Å²) in [4.78, 5) is 0. The van der Waals surface area contributed by atoms with E-state index in [-0.39, 0.29) is 18.3 Å². The largest absolute Gasteiger partial charge is 0.393 e. The van der Waals surface area contributed by atoms with Crippen LogP contribution in [0.5, 0.6) is 0 Å². The summed E-state index contributed by atoms with van der Waals surface area (Å²) in [5.74, 6) is 0.763. The number of aliphatic hydroxyl groups excluding tert-OH is 3. The first-order valence-electron chi connectivity index (χ1n) is 6.62. The van der Waals surface area contributed by atoms with E-state index < -0.39 is 0 Å². The molecular weight excluding hydrogens is 204 g/mol. The molecule has 0 bridgehead atoms. The van der Waals surface area contributed by atoms with Crippen LogP contribution in [-0.4, -0.2) is 33.6 Å². The molecule has 2 saturated carbocycles. The maximum Gasteiger partial charge on any atom is 0.0564 e. The first-order chi connectivity index (χ1) is 7.58. The third kappa shape index (κ3) is 5.83. The van der Waals surface area contributed by atoms with E-state index in [1.54, 1.807) is 0 Å². The highest BCUT2D eigenvalue weighted by Gasteiger charge is 2.16. The van der Waals surface area contributed by atoms with E-state index >= 15 is 0 Å². The second-order valence-electron chi connectivity index (χ2n) is 5.40. The van der Waals surface area contributed by atoms with Gasteiger partial charge in [0.05, 0.1) is 18.3 Å². The number of rotatable bonds is 0. The summed E-state index contributed by atoms with van der Waals surface area (Å²) in [5.41, 5.74) is 0. The van der Waals surface area contributed by atoms with Gasteiger partial charge in [0.25, 0.3) is 0 Å². The molecule has 0 amide bonds. The van der Waals surface area contributed by atoms with Crippen molar-refractivity contribution in [2.45, 2.75) is 76.6 Å². The van der Waals surface area contributed by atoms with E-state index in [0.29, 0.717) is 6.42 Å². The molecule has 0 spiro atoms. The Kier molecular flexibility index (Phi) is 6.32. The average Bonchev–Trinajstić information content (AvgIpc) is 2.17. The summed E-state index contributed by atoms with van der Waals surface area (Å²) in [6, 6.07) is 0. The molecule has 0 aromatic heterocycles. The quantitative estimate of drug-likeness (QED) is 0.595. The summed E-state index contributed by atoms with van der Waals surface area (Å²) in [7, 11) is 0. The van der Waals surface area contributed by atoms with Gasteiger partial charge in [-0.15, -0.1) is 0 Å². The summed E-state index contributed by atoms with van der Waals surface area (Å²) in [6.07, 6.45) is 7.44. The fraction of sp³-hybridized carbons (Fsp3) is 1.00. The maximum atomic E-state index is 9.08. The van der Waals surface area contributed by atoms with Crippen LogP contribution >= 0.6 is 0 Å². The van der Waals surface area contributed by atoms with Gasteiger partial charge >= 0.3 is 0 Å². The molecule has 3 nitrogen and oxygen atoms in total. The fourth-order valence-corrected chi connectivity index (χ4v) is 2.54. The predicted octanol–water partition coefficient (Wildman–Crippen LogP) is 1.84. The van der Waals surface area contributed by atoms with Crippen LogP contribution in [0.4, 0.5) is 0 Å². The van der Waals surface area contributed by atoms with E-state index in [4.69, 9.17) is 15.3 Å². The van der Waals surface area contributed by atoms with Crippen LogP contribution in [0.3, 0.4) is 0 Å². The molecule has 4 atom stereocenters. The zero-order chi connectivity index (χ0) is 12.0. The van der Waals surface area contributed by atoms with Gasteiger partial charge in [-0.2, -0.15) is 0 Å². The van der Waals surface area contributed by atoms with Crippen LogP contribution in [0, 0.1) is 5.92 Å². The Morgan fingerprint density at radius 1 is 0.688 bits per heavy atom. The van der Waals surface area contributed by atoms with E-state index in [1.165, 1.54) is 12.8 Å². The summed E-state index contributed by atoms with van der Waals surface area (Å²) >= 11 is 0. The standard InChI is InChI=1S/C7H14O.C6H12O2/c1-6-3-2-4-7(8)5-6;7-5-2-1-3-6(8)4-5/h6-8H,2-5H2,1H3;5-8H,1-4H2. The topological polar surface area (TPSA) is 60.7 Å². The molecule has 0 radical (unpaired) electrons. The van der Waals surface area contributed by atoms with Gasteiger partial charge in [0.1, 0.15) is 0 Å². The Balaban J connectivity index is 0.000000160. The van der Waals surface area contributed by atoms with Gasteiger partial charge in [-0.05, 0) is 44.4 Å². The Labute approximate surface area is 98.5 Å². The van der Waals surface area contributed by atoms with Crippen molar-refractivity contribution in [1.82, 2.24) is 0 Å². The summed E-state index contributed by atoms with van der Waals surface area (Å²) in [5, 5.41) is 26.9. The van der Waals surface area contributed by atoms with Crippen LogP contribution in [-0.2, 0) is 0 Å². The van der Waals surface area contributed by atoms with Crippen molar-refractivity contribution < 1.29 is 15.3 Å². The molecule has 96 valence electrons. The molecular formula is C13H26O3. The number of hydrogen-bond acceptors (Lipinski definition) is 3. The summed E-state index contributed by atoms with van der Waals surface area (Å²) in [6.45, 7) is 2.21. The van der Waals surface area contributed by atoms with Crippen molar-refractivity contribution in [2.24, 2.45) is 5.92 Å². The lowest BCUT2D eigenvalue weighted by atomic mass is 9.89. The Morgan fingerprint density at radius 3 is 1.38 bits per heavy atom. The molecule has 0 heterocycles. The Bertz CT molecular complexity index is 148. The minimum atomic E-state index is -0.237. The third-order valence-electron chi connectivity index (χ3n) is 3.53. The first-order valence-corrected chi connectivity index (χ1v) is 6.62. The van der Waals surface area contributed by atoms with Crippen LogP contribution in [0.1, 0.15) is 58.3 Å². The van der Waals surface area contributed by atoms with Crippen molar-refractivity contribution in [1.29, 1.82) is 0 Å². The maximum absolute atomic E-state index is 9.08. The van der Waals surface area contributed by atoms with E-state index in [2.05, 4.69) is 6.92 Å². The smallest absolute Gasteiger partial charge is 0.0564 e. The lowest BCUT2D eigenvalue weighted by Crippen LogP contribution is -2.22. The van der Waals surface area contributed by atoms with Crippen molar-refractivity contribution in [2.75, 3.05) is 0 Å². The molecule has 2 fully saturated rings. The normalized spacial score (nSPS) is 39.8. The van der Waals surface area contributed by atoms with E-state index in [0.717, 1.165) is 38.0 Å². The molecule has 2 aliphatic rings. The zero-order valence-corrected chi connectivity index (χ0v) is 10.3. The molecule has 16 heavy (non-hydrogen) atoms. The van der Waals surface area contributed by atoms with Gasteiger partial charge in [0, 0.05) is 0 Å². The molecule has 0 aliphatic heterocycles. The zero-order valence-electron chi connectivity index (χ0n) is 10.3. The van der Waals surface area contributed by atoms with Crippen LogP contribution in [0.15, 0.2) is 0 Å². The molecule has 0 aromatic carbocycles. The molecule has 2 aliphatic carbocycles. The minimum Gasteiger partial charge on any atom is -0.393 e. The Morgan fingerprint density at radius 2 is 1.12 bits per heavy atom. The molecule has 0 saturated heterocycles. The third-order valence-corrected chi connectivity index (χ3v) is 3.53. The highest BCUT2D eigenvalue weighted by Crippen LogP contribution is 2.22. The van der Waals surface area contributed by atoms with Gasteiger partial charge in [-0.25, -0.2) is 0 Å². The molecule has 4 unspecified atom stereocenters. The van der Waals surface area contributed by atoms with Crippen LogP contribution in [0.2, 0.25) is 0 Å². The van der Waals surface area contributed by atoms with Crippen molar-refractivity contribution in [3.8, 4) is 0 Å². The highest BCUT2D eigenvalue weighted by atomic mass is 16.3. The predicted molar refractivity (Wildman–Crippen MR) is 64.1 cm³/mol. The van der Waals surface area contributed by atoms with Crippen LogP contribution in [0.25, 0.3) is 0 Å².